The van der Waals surface area contributed by atoms with Crippen LogP contribution < -0.4 is 0 Å². The summed E-state index contributed by atoms with van der Waals surface area (Å²) in [7, 11) is 0. The van der Waals surface area contributed by atoms with E-state index in [1.807, 2.05) is 6.07 Å². The lowest BCUT2D eigenvalue weighted by Crippen LogP contribution is -2.06. The number of Topliss-reactive ketones (excluding diaryl/α,β-unsaturated/α-hetero) is 1. The number of hydrogen-bond acceptors (Lipinski definition) is 2. The largest absolute Gasteiger partial charge is 0.294 e. The lowest BCUT2D eigenvalue weighted by atomic mass is 10.0. The highest BCUT2D eigenvalue weighted by Gasteiger charge is 2.14. The van der Waals surface area contributed by atoms with E-state index in [4.69, 9.17) is 5.26 Å². The zero-order chi connectivity index (χ0) is 11.4. The van der Waals surface area contributed by atoms with E-state index < -0.39 is 5.82 Å². The van der Waals surface area contributed by atoms with E-state index in [2.05, 4.69) is 15.9 Å². The van der Waals surface area contributed by atoms with E-state index in [9.17, 15) is 9.18 Å². The highest BCUT2D eigenvalue weighted by molar-refractivity contribution is 9.10. The monoisotopic (exact) mass is 269 g/mol. The average molecular weight is 270 g/mol. The van der Waals surface area contributed by atoms with Gasteiger partial charge in [0.2, 0.25) is 0 Å². The predicted molar refractivity (Wildman–Crippen MR) is 57.8 cm³/mol. The molecule has 15 heavy (non-hydrogen) atoms. The van der Waals surface area contributed by atoms with Gasteiger partial charge in [-0.25, -0.2) is 4.39 Å². The van der Waals surface area contributed by atoms with Gasteiger partial charge in [0.15, 0.2) is 5.78 Å². The summed E-state index contributed by atoms with van der Waals surface area (Å²) < 4.78 is 13.9. The summed E-state index contributed by atoms with van der Waals surface area (Å²) in [6, 6.07) is 6.21. The number of halogens is 2. The van der Waals surface area contributed by atoms with Crippen LogP contribution in [0.5, 0.6) is 0 Å². The molecule has 1 unspecified atom stereocenters. The van der Waals surface area contributed by atoms with Gasteiger partial charge in [0.05, 0.1) is 17.6 Å². The van der Waals surface area contributed by atoms with Gasteiger partial charge >= 0.3 is 0 Å². The van der Waals surface area contributed by atoms with Gasteiger partial charge in [0.25, 0.3) is 0 Å². The zero-order valence-corrected chi connectivity index (χ0v) is 9.71. The standard InChI is InChI=1S/C11H9BrFNO/c1-7(6-14)4-11(15)9-3-2-8(12)5-10(9)13/h2-3,5,7H,4H2,1H3. The highest BCUT2D eigenvalue weighted by atomic mass is 79.9. The third-order valence-corrected chi connectivity index (χ3v) is 2.44. The molecule has 78 valence electrons. The number of ketones is 1. The molecular formula is C11H9BrFNO. The Morgan fingerprint density at radius 2 is 2.33 bits per heavy atom. The minimum absolute atomic E-state index is 0.0419. The molecule has 0 N–H and O–H groups in total. The molecule has 0 aliphatic rings. The molecule has 1 atom stereocenters. The van der Waals surface area contributed by atoms with Gasteiger partial charge in [-0.1, -0.05) is 15.9 Å². The second-order valence-electron chi connectivity index (χ2n) is 3.28. The second-order valence-corrected chi connectivity index (χ2v) is 4.20. The van der Waals surface area contributed by atoms with E-state index in [0.717, 1.165) is 0 Å². The molecule has 0 heterocycles. The molecule has 1 rings (SSSR count). The number of nitrogens with zero attached hydrogens (tertiary/aromatic N) is 1. The van der Waals surface area contributed by atoms with Crippen LogP contribution in [0.25, 0.3) is 0 Å². The minimum atomic E-state index is -0.556. The molecule has 0 radical (unpaired) electrons. The molecule has 2 nitrogen and oxygen atoms in total. The van der Waals surface area contributed by atoms with E-state index in [1.54, 1.807) is 13.0 Å². The van der Waals surface area contributed by atoms with Crippen molar-refractivity contribution in [3.8, 4) is 6.07 Å². The first-order valence-electron chi connectivity index (χ1n) is 4.42. The Balaban J connectivity index is 2.88. The van der Waals surface area contributed by atoms with Crippen LogP contribution in [0.4, 0.5) is 4.39 Å². The SMILES string of the molecule is CC(C#N)CC(=O)c1ccc(Br)cc1F. The third kappa shape index (κ3) is 3.14. The number of nitriles is 1. The fourth-order valence-corrected chi connectivity index (χ4v) is 1.48. The molecule has 0 aromatic heterocycles. The minimum Gasteiger partial charge on any atom is -0.294 e. The van der Waals surface area contributed by atoms with Crippen molar-refractivity contribution in [1.29, 1.82) is 5.26 Å². The molecule has 0 aliphatic carbocycles. The zero-order valence-electron chi connectivity index (χ0n) is 8.13. The van der Waals surface area contributed by atoms with Crippen molar-refractivity contribution in [2.24, 2.45) is 5.92 Å². The number of carbonyl (C=O) groups excluding carboxylic acids is 1. The average Bonchev–Trinajstić information content (AvgIpc) is 2.17. The first-order chi connectivity index (χ1) is 7.04. The number of rotatable bonds is 3. The maximum atomic E-state index is 13.3. The molecule has 0 aliphatic heterocycles. The van der Waals surface area contributed by atoms with Crippen molar-refractivity contribution in [3.63, 3.8) is 0 Å². The maximum absolute atomic E-state index is 13.3. The highest BCUT2D eigenvalue weighted by Crippen LogP contribution is 2.18. The molecular weight excluding hydrogens is 261 g/mol. The van der Waals surface area contributed by atoms with Crippen LogP contribution in [-0.4, -0.2) is 5.78 Å². The summed E-state index contributed by atoms with van der Waals surface area (Å²) in [5.41, 5.74) is 0.0419. The molecule has 0 fully saturated rings. The van der Waals surface area contributed by atoms with Gasteiger partial charge in [-0.05, 0) is 25.1 Å². The topological polar surface area (TPSA) is 40.9 Å². The van der Waals surface area contributed by atoms with E-state index in [1.165, 1.54) is 12.1 Å². The van der Waals surface area contributed by atoms with E-state index in [-0.39, 0.29) is 23.7 Å². The molecule has 4 heteroatoms. The normalized spacial score (nSPS) is 11.9. The predicted octanol–water partition coefficient (Wildman–Crippen LogP) is 3.32. The Bertz CT molecular complexity index is 425. The van der Waals surface area contributed by atoms with Gasteiger partial charge in [-0.3, -0.25) is 4.79 Å². The maximum Gasteiger partial charge on any atom is 0.167 e. The van der Waals surface area contributed by atoms with Crippen LogP contribution in [0.15, 0.2) is 22.7 Å². The molecule has 0 bridgehead atoms. The third-order valence-electron chi connectivity index (χ3n) is 1.94. The summed E-state index contributed by atoms with van der Waals surface area (Å²) in [6.45, 7) is 1.63. The van der Waals surface area contributed by atoms with Crippen LogP contribution in [0.2, 0.25) is 0 Å². The van der Waals surface area contributed by atoms with Gasteiger partial charge in [-0.15, -0.1) is 0 Å². The Hall–Kier alpha value is -1.21. The summed E-state index contributed by atoms with van der Waals surface area (Å²) in [5, 5.41) is 8.54. The molecule has 1 aromatic rings. The van der Waals surface area contributed by atoms with Crippen molar-refractivity contribution < 1.29 is 9.18 Å². The fraction of sp³-hybridized carbons (Fsp3) is 0.273. The van der Waals surface area contributed by atoms with Crippen LogP contribution in [0.3, 0.4) is 0 Å². The molecule has 0 saturated carbocycles. The first kappa shape index (κ1) is 11.9. The summed E-state index contributed by atoms with van der Waals surface area (Å²) in [5.74, 6) is -1.28. The van der Waals surface area contributed by atoms with Crippen molar-refractivity contribution in [2.45, 2.75) is 13.3 Å². The van der Waals surface area contributed by atoms with Crippen molar-refractivity contribution >= 4 is 21.7 Å². The Kier molecular flexibility index (Phi) is 3.98. The van der Waals surface area contributed by atoms with Gasteiger partial charge < -0.3 is 0 Å². The molecule has 0 saturated heterocycles. The number of hydrogen-bond donors (Lipinski definition) is 0. The summed E-state index contributed by atoms with van der Waals surface area (Å²) in [4.78, 5) is 11.5. The number of carbonyl (C=O) groups is 1. The number of benzene rings is 1. The second kappa shape index (κ2) is 5.04. The lowest BCUT2D eigenvalue weighted by Gasteiger charge is -2.03. The quantitative estimate of drug-likeness (QED) is 0.790. The Morgan fingerprint density at radius 1 is 1.67 bits per heavy atom. The molecule has 0 spiro atoms. The lowest BCUT2D eigenvalue weighted by molar-refractivity contribution is 0.0969. The van der Waals surface area contributed by atoms with Crippen molar-refractivity contribution in [2.75, 3.05) is 0 Å². The van der Waals surface area contributed by atoms with Crippen LogP contribution in [0, 0.1) is 23.1 Å². The summed E-state index contributed by atoms with van der Waals surface area (Å²) >= 11 is 3.11. The van der Waals surface area contributed by atoms with Crippen LogP contribution in [0.1, 0.15) is 23.7 Å². The smallest absolute Gasteiger partial charge is 0.167 e. The van der Waals surface area contributed by atoms with Crippen molar-refractivity contribution in [1.82, 2.24) is 0 Å². The van der Waals surface area contributed by atoms with Gasteiger partial charge in [0.1, 0.15) is 5.82 Å². The first-order valence-corrected chi connectivity index (χ1v) is 5.21. The Morgan fingerprint density at radius 3 is 2.87 bits per heavy atom. The van der Waals surface area contributed by atoms with Crippen molar-refractivity contribution in [3.05, 3.63) is 34.1 Å². The summed E-state index contributed by atoms with van der Waals surface area (Å²) in [6.07, 6.45) is 0.0506. The van der Waals surface area contributed by atoms with Gasteiger partial charge in [-0.2, -0.15) is 5.26 Å². The Labute approximate surface area is 95.8 Å². The van der Waals surface area contributed by atoms with Crippen LogP contribution >= 0.6 is 15.9 Å². The molecule has 1 aromatic carbocycles. The van der Waals surface area contributed by atoms with Gasteiger partial charge in [0, 0.05) is 10.9 Å². The van der Waals surface area contributed by atoms with Crippen LogP contribution in [-0.2, 0) is 0 Å². The fourth-order valence-electron chi connectivity index (χ4n) is 1.15. The van der Waals surface area contributed by atoms with E-state index in [0.29, 0.717) is 4.47 Å². The molecule has 0 amide bonds. The van der Waals surface area contributed by atoms with E-state index >= 15 is 0 Å².